The number of nitro groups is 1. The van der Waals surface area contributed by atoms with Gasteiger partial charge in [-0.1, -0.05) is 11.6 Å². The molecule has 98 valence electrons. The molecule has 0 unspecified atom stereocenters. The summed E-state index contributed by atoms with van der Waals surface area (Å²) in [5.74, 6) is 0. The van der Waals surface area contributed by atoms with Gasteiger partial charge in [0.1, 0.15) is 5.15 Å². The normalized spacial score (nSPS) is 10.4. The minimum absolute atomic E-state index is 0.0649. The second kappa shape index (κ2) is 4.69. The fourth-order valence-electron chi connectivity index (χ4n) is 1.70. The van der Waals surface area contributed by atoms with Crippen LogP contribution in [0.1, 0.15) is 5.56 Å². The first-order valence-electron chi connectivity index (χ1n) is 5.17. The van der Waals surface area contributed by atoms with Crippen molar-refractivity contribution < 1.29 is 4.92 Å². The van der Waals surface area contributed by atoms with Crippen LogP contribution < -0.4 is 11.2 Å². The summed E-state index contributed by atoms with van der Waals surface area (Å²) in [4.78, 5) is 35.8. The van der Waals surface area contributed by atoms with Crippen LogP contribution >= 0.6 is 11.6 Å². The van der Waals surface area contributed by atoms with Gasteiger partial charge in [-0.25, -0.2) is 9.36 Å². The van der Waals surface area contributed by atoms with Crippen LogP contribution in [0, 0.1) is 17.0 Å². The fraction of sp³-hybridized carbons (Fsp3) is 0.0909. The highest BCUT2D eigenvalue weighted by Gasteiger charge is 2.13. The van der Waals surface area contributed by atoms with Crippen molar-refractivity contribution in [3.63, 3.8) is 0 Å². The van der Waals surface area contributed by atoms with Crippen LogP contribution in [0.3, 0.4) is 0 Å². The van der Waals surface area contributed by atoms with Crippen LogP contribution in [0.4, 0.5) is 5.69 Å². The lowest BCUT2D eigenvalue weighted by Crippen LogP contribution is -2.32. The second-order valence-corrected chi connectivity index (χ2v) is 4.23. The molecule has 8 heteroatoms. The highest BCUT2D eigenvalue weighted by Crippen LogP contribution is 2.19. The molecule has 0 bridgehead atoms. The molecule has 0 fully saturated rings. The molecular weight excluding hydrogens is 274 g/mol. The molecule has 0 amide bonds. The number of aryl methyl sites for hydroxylation is 1. The van der Waals surface area contributed by atoms with E-state index in [1.165, 1.54) is 25.1 Å². The number of nitrogens with zero attached hydrogens (tertiary/aromatic N) is 2. The minimum Gasteiger partial charge on any atom is -0.297 e. The van der Waals surface area contributed by atoms with Gasteiger partial charge in [-0.15, -0.1) is 0 Å². The van der Waals surface area contributed by atoms with Gasteiger partial charge < -0.3 is 0 Å². The molecule has 2 aromatic rings. The summed E-state index contributed by atoms with van der Waals surface area (Å²) < 4.78 is 0.850. The largest absolute Gasteiger partial charge is 0.334 e. The van der Waals surface area contributed by atoms with E-state index in [1.807, 2.05) is 0 Å². The molecule has 7 nitrogen and oxygen atoms in total. The van der Waals surface area contributed by atoms with Crippen LogP contribution in [0.2, 0.25) is 5.15 Å². The number of benzene rings is 1. The zero-order valence-electron chi connectivity index (χ0n) is 9.71. The van der Waals surface area contributed by atoms with E-state index >= 15 is 0 Å². The molecule has 1 N–H and O–H groups in total. The molecule has 1 aromatic carbocycles. The highest BCUT2D eigenvalue weighted by molar-refractivity contribution is 6.29. The summed E-state index contributed by atoms with van der Waals surface area (Å²) >= 11 is 5.55. The summed E-state index contributed by atoms with van der Waals surface area (Å²) in [7, 11) is 0. The third kappa shape index (κ3) is 2.41. The van der Waals surface area contributed by atoms with E-state index in [0.29, 0.717) is 5.56 Å². The van der Waals surface area contributed by atoms with E-state index in [9.17, 15) is 19.7 Å². The van der Waals surface area contributed by atoms with E-state index < -0.39 is 16.2 Å². The van der Waals surface area contributed by atoms with Gasteiger partial charge in [0, 0.05) is 17.7 Å². The standard InChI is InChI=1S/C11H8ClN3O4/c1-6-4-7(2-3-8(6)15(18)19)14-10(16)5-9(12)13-11(14)17/h2-5H,1H3,(H,13,17). The van der Waals surface area contributed by atoms with Crippen molar-refractivity contribution in [2.45, 2.75) is 6.92 Å². The molecule has 0 saturated heterocycles. The number of aromatic nitrogens is 2. The van der Waals surface area contributed by atoms with Crippen LogP contribution in [0.25, 0.3) is 5.69 Å². The summed E-state index contributed by atoms with van der Waals surface area (Å²) in [6.07, 6.45) is 0. The van der Waals surface area contributed by atoms with Crippen LogP contribution in [-0.2, 0) is 0 Å². The van der Waals surface area contributed by atoms with E-state index in [2.05, 4.69) is 4.98 Å². The Morgan fingerprint density at radius 2 is 2.00 bits per heavy atom. The van der Waals surface area contributed by atoms with Crippen LogP contribution in [0.5, 0.6) is 0 Å². The molecule has 0 atom stereocenters. The van der Waals surface area contributed by atoms with Crippen molar-refractivity contribution >= 4 is 17.3 Å². The van der Waals surface area contributed by atoms with Crippen molar-refractivity contribution in [3.8, 4) is 5.69 Å². The molecule has 0 saturated carbocycles. The molecule has 19 heavy (non-hydrogen) atoms. The maximum absolute atomic E-state index is 11.7. The Bertz CT molecular complexity index is 747. The molecule has 0 aliphatic heterocycles. The predicted molar refractivity (Wildman–Crippen MR) is 69.1 cm³/mol. The Balaban J connectivity index is 2.68. The van der Waals surface area contributed by atoms with Crippen molar-refractivity contribution in [1.29, 1.82) is 0 Å². The maximum atomic E-state index is 11.7. The molecule has 0 aliphatic carbocycles. The molecule has 0 aliphatic rings. The van der Waals surface area contributed by atoms with E-state index in [4.69, 9.17) is 11.6 Å². The number of halogens is 1. The second-order valence-electron chi connectivity index (χ2n) is 3.82. The highest BCUT2D eigenvalue weighted by atomic mass is 35.5. The summed E-state index contributed by atoms with van der Waals surface area (Å²) in [6, 6.07) is 5.02. The lowest BCUT2D eigenvalue weighted by molar-refractivity contribution is -0.385. The molecule has 0 radical (unpaired) electrons. The number of H-pyrrole nitrogens is 1. The van der Waals surface area contributed by atoms with Gasteiger partial charge in [0.2, 0.25) is 0 Å². The van der Waals surface area contributed by atoms with Gasteiger partial charge in [-0.05, 0) is 19.1 Å². The molecule has 0 spiro atoms. The molecule has 1 heterocycles. The van der Waals surface area contributed by atoms with E-state index in [0.717, 1.165) is 10.6 Å². The Morgan fingerprint density at radius 3 is 2.53 bits per heavy atom. The van der Waals surface area contributed by atoms with Crippen molar-refractivity contribution in [1.82, 2.24) is 9.55 Å². The van der Waals surface area contributed by atoms with E-state index in [1.54, 1.807) is 0 Å². The fourth-order valence-corrected chi connectivity index (χ4v) is 1.87. The van der Waals surface area contributed by atoms with Crippen LogP contribution in [0.15, 0.2) is 33.9 Å². The Hall–Kier alpha value is -2.41. The minimum atomic E-state index is -0.703. The Morgan fingerprint density at radius 1 is 1.32 bits per heavy atom. The number of rotatable bonds is 2. The van der Waals surface area contributed by atoms with Gasteiger partial charge in [0.05, 0.1) is 10.6 Å². The monoisotopic (exact) mass is 281 g/mol. The predicted octanol–water partition coefficient (Wildman–Crippen LogP) is 1.40. The average Bonchev–Trinajstić information content (AvgIpc) is 2.26. The third-order valence-corrected chi connectivity index (χ3v) is 2.74. The summed E-state index contributed by atoms with van der Waals surface area (Å²) in [6.45, 7) is 1.52. The van der Waals surface area contributed by atoms with Gasteiger partial charge >= 0.3 is 5.69 Å². The summed E-state index contributed by atoms with van der Waals surface area (Å²) in [5.41, 5.74) is -0.801. The number of nitro benzene ring substituents is 1. The first-order valence-corrected chi connectivity index (χ1v) is 5.55. The van der Waals surface area contributed by atoms with Gasteiger partial charge in [0.15, 0.2) is 0 Å². The van der Waals surface area contributed by atoms with Crippen molar-refractivity contribution in [2.75, 3.05) is 0 Å². The SMILES string of the molecule is Cc1cc(-n2c(=O)cc(Cl)[nH]c2=O)ccc1[N+](=O)[O-]. The number of hydrogen-bond acceptors (Lipinski definition) is 4. The van der Waals surface area contributed by atoms with Crippen molar-refractivity contribution in [3.05, 3.63) is 65.9 Å². The Labute approximate surface area is 111 Å². The van der Waals surface area contributed by atoms with Gasteiger partial charge in [0.25, 0.3) is 11.2 Å². The average molecular weight is 282 g/mol. The third-order valence-electron chi connectivity index (χ3n) is 2.54. The molecule has 2 rings (SSSR count). The maximum Gasteiger partial charge on any atom is 0.334 e. The quantitative estimate of drug-likeness (QED) is 0.511. The van der Waals surface area contributed by atoms with Crippen LogP contribution in [-0.4, -0.2) is 14.5 Å². The molecule has 1 aromatic heterocycles. The topological polar surface area (TPSA) is 98.0 Å². The summed E-state index contributed by atoms with van der Waals surface area (Å²) in [5, 5.41) is 10.6. The number of nitrogens with one attached hydrogen (secondary N) is 1. The first kappa shape index (κ1) is 13.0. The molecular formula is C11H8ClN3O4. The lowest BCUT2D eigenvalue weighted by atomic mass is 10.2. The smallest absolute Gasteiger partial charge is 0.297 e. The first-order chi connectivity index (χ1) is 8.90. The zero-order valence-corrected chi connectivity index (χ0v) is 10.5. The number of hydrogen-bond donors (Lipinski definition) is 1. The number of aromatic amines is 1. The van der Waals surface area contributed by atoms with Gasteiger partial charge in [-0.3, -0.25) is 19.9 Å². The van der Waals surface area contributed by atoms with Crippen molar-refractivity contribution in [2.24, 2.45) is 0 Å². The Kier molecular flexibility index (Phi) is 3.22. The van der Waals surface area contributed by atoms with E-state index in [-0.39, 0.29) is 16.5 Å². The zero-order chi connectivity index (χ0) is 14.2. The lowest BCUT2D eigenvalue weighted by Gasteiger charge is -2.05. The van der Waals surface area contributed by atoms with Gasteiger partial charge in [-0.2, -0.15) is 0 Å².